The molecule has 2 rings (SSSR count). The first kappa shape index (κ1) is 16.5. The number of nitrogens with one attached hydrogen (secondary N) is 1. The number of carbonyl (C=O) groups is 1. The van der Waals surface area contributed by atoms with Crippen LogP contribution in [0.15, 0.2) is 24.3 Å². The highest BCUT2D eigenvalue weighted by Gasteiger charge is 2.35. The number of halogens is 1. The summed E-state index contributed by atoms with van der Waals surface area (Å²) in [5, 5.41) is 3.76. The zero-order valence-electron chi connectivity index (χ0n) is 12.4. The molecule has 1 atom stereocenters. The molecule has 0 heterocycles. The highest BCUT2D eigenvalue weighted by molar-refractivity contribution is 7.84. The predicted octanol–water partition coefficient (Wildman–Crippen LogP) is 3.04. The molecule has 1 aromatic carbocycles. The summed E-state index contributed by atoms with van der Waals surface area (Å²) in [7, 11) is -0.919. The van der Waals surface area contributed by atoms with Gasteiger partial charge in [-0.05, 0) is 30.5 Å². The number of hydrogen-bond donors (Lipinski definition) is 1. The van der Waals surface area contributed by atoms with Gasteiger partial charge < -0.3 is 5.32 Å². The summed E-state index contributed by atoms with van der Waals surface area (Å²) in [6.07, 6.45) is 6.47. The van der Waals surface area contributed by atoms with E-state index >= 15 is 0 Å². The number of hydrogen-bond acceptors (Lipinski definition) is 2. The third kappa shape index (κ3) is 4.55. The molecule has 1 aromatic rings. The second-order valence-corrected chi connectivity index (χ2v) is 7.79. The van der Waals surface area contributed by atoms with Gasteiger partial charge in [-0.25, -0.2) is 0 Å². The normalized spacial score (nSPS) is 18.4. The van der Waals surface area contributed by atoms with Crippen LogP contribution in [0.4, 0.5) is 0 Å². The van der Waals surface area contributed by atoms with E-state index in [4.69, 9.17) is 11.6 Å². The first-order chi connectivity index (χ1) is 10.0. The number of rotatable bonds is 6. The molecular weight excluding hydrogens is 306 g/mol. The first-order valence-corrected chi connectivity index (χ1v) is 9.45. The van der Waals surface area contributed by atoms with E-state index in [9.17, 15) is 9.00 Å². The van der Waals surface area contributed by atoms with Crippen molar-refractivity contribution in [1.29, 1.82) is 0 Å². The van der Waals surface area contributed by atoms with E-state index in [0.29, 0.717) is 18.7 Å². The van der Waals surface area contributed by atoms with Gasteiger partial charge in [0.25, 0.3) is 0 Å². The quantitative estimate of drug-likeness (QED) is 0.873. The Hall–Kier alpha value is -0.870. The van der Waals surface area contributed by atoms with E-state index in [1.807, 2.05) is 18.2 Å². The van der Waals surface area contributed by atoms with Crippen LogP contribution in [0.3, 0.4) is 0 Å². The summed E-state index contributed by atoms with van der Waals surface area (Å²) in [6.45, 7) is 0.641. The Kier molecular flexibility index (Phi) is 5.82. The molecule has 1 amide bonds. The van der Waals surface area contributed by atoms with Crippen molar-refractivity contribution in [3.05, 3.63) is 34.9 Å². The largest absolute Gasteiger partial charge is 0.355 e. The van der Waals surface area contributed by atoms with Crippen LogP contribution in [-0.2, 0) is 21.0 Å². The summed E-state index contributed by atoms with van der Waals surface area (Å²) in [5.41, 5.74) is 1.22. The Labute approximate surface area is 133 Å². The number of carbonyl (C=O) groups excluding carboxylic acids is 1. The van der Waals surface area contributed by atoms with Crippen LogP contribution in [0.25, 0.3) is 0 Å². The van der Waals surface area contributed by atoms with E-state index in [2.05, 4.69) is 11.4 Å². The van der Waals surface area contributed by atoms with Gasteiger partial charge in [-0.3, -0.25) is 9.00 Å². The average molecular weight is 328 g/mol. The van der Waals surface area contributed by atoms with Crippen LogP contribution in [0.2, 0.25) is 5.02 Å². The maximum Gasteiger partial charge on any atom is 0.220 e. The Morgan fingerprint density at radius 2 is 2.10 bits per heavy atom. The third-order valence-electron chi connectivity index (χ3n) is 4.24. The minimum absolute atomic E-state index is 0.00588. The van der Waals surface area contributed by atoms with Gasteiger partial charge in [0, 0.05) is 46.2 Å². The van der Waals surface area contributed by atoms with Crippen LogP contribution >= 0.6 is 11.6 Å². The molecular formula is C16H22ClNO2S. The van der Waals surface area contributed by atoms with Gasteiger partial charge in [-0.15, -0.1) is 0 Å². The molecule has 21 heavy (non-hydrogen) atoms. The molecule has 0 radical (unpaired) electrons. The summed E-state index contributed by atoms with van der Waals surface area (Å²) < 4.78 is 11.0. The van der Waals surface area contributed by atoms with Crippen LogP contribution in [0, 0.1) is 0 Å². The smallest absolute Gasteiger partial charge is 0.220 e. The van der Waals surface area contributed by atoms with Crippen molar-refractivity contribution >= 4 is 28.3 Å². The van der Waals surface area contributed by atoms with Crippen molar-refractivity contribution < 1.29 is 9.00 Å². The Morgan fingerprint density at radius 1 is 1.38 bits per heavy atom. The van der Waals surface area contributed by atoms with Crippen LogP contribution in [0.1, 0.15) is 37.7 Å². The predicted molar refractivity (Wildman–Crippen MR) is 88.2 cm³/mol. The lowest BCUT2D eigenvalue weighted by Gasteiger charge is -2.30. The lowest BCUT2D eigenvalue weighted by Crippen LogP contribution is -2.39. The molecule has 1 fully saturated rings. The second kappa shape index (κ2) is 7.41. The van der Waals surface area contributed by atoms with Gasteiger partial charge in [0.2, 0.25) is 5.91 Å². The molecule has 0 unspecified atom stereocenters. The van der Waals surface area contributed by atoms with Crippen molar-refractivity contribution in [2.24, 2.45) is 0 Å². The lowest BCUT2D eigenvalue weighted by molar-refractivity contribution is -0.120. The fourth-order valence-corrected chi connectivity index (χ4v) is 3.69. The fourth-order valence-electron chi connectivity index (χ4n) is 3.03. The summed E-state index contributed by atoms with van der Waals surface area (Å²) in [6, 6.07) is 7.97. The van der Waals surface area contributed by atoms with Crippen molar-refractivity contribution in [3.8, 4) is 0 Å². The first-order valence-electron chi connectivity index (χ1n) is 7.35. The molecule has 1 aliphatic carbocycles. The van der Waals surface area contributed by atoms with E-state index < -0.39 is 10.8 Å². The van der Waals surface area contributed by atoms with Gasteiger partial charge in [-0.2, -0.15) is 0 Å². The number of amides is 1. The second-order valence-electron chi connectivity index (χ2n) is 5.80. The van der Waals surface area contributed by atoms with Crippen molar-refractivity contribution in [2.45, 2.75) is 37.5 Å². The van der Waals surface area contributed by atoms with Crippen LogP contribution in [0.5, 0.6) is 0 Å². The van der Waals surface area contributed by atoms with E-state index in [0.717, 1.165) is 17.9 Å². The molecule has 1 N–H and O–H groups in total. The maximum atomic E-state index is 11.9. The summed E-state index contributed by atoms with van der Waals surface area (Å²) >= 11 is 6.11. The van der Waals surface area contributed by atoms with Crippen molar-refractivity contribution in [3.63, 3.8) is 0 Å². The minimum atomic E-state index is -0.919. The van der Waals surface area contributed by atoms with E-state index in [1.165, 1.54) is 18.4 Å². The number of benzene rings is 1. The molecule has 0 aromatic heterocycles. The van der Waals surface area contributed by atoms with Crippen molar-refractivity contribution in [2.75, 3.05) is 18.6 Å². The Morgan fingerprint density at radius 3 is 2.71 bits per heavy atom. The van der Waals surface area contributed by atoms with Gasteiger partial charge in [0.15, 0.2) is 0 Å². The van der Waals surface area contributed by atoms with Gasteiger partial charge in [0.05, 0.1) is 0 Å². The fraction of sp³-hybridized carbons (Fsp3) is 0.562. The summed E-state index contributed by atoms with van der Waals surface area (Å²) in [4.78, 5) is 11.9. The molecule has 1 saturated carbocycles. The zero-order valence-corrected chi connectivity index (χ0v) is 13.9. The van der Waals surface area contributed by atoms with E-state index in [1.54, 1.807) is 6.26 Å². The third-order valence-corrected chi connectivity index (χ3v) is 5.25. The highest BCUT2D eigenvalue weighted by Crippen LogP contribution is 2.41. The molecule has 0 spiro atoms. The highest BCUT2D eigenvalue weighted by atomic mass is 35.5. The van der Waals surface area contributed by atoms with Gasteiger partial charge >= 0.3 is 0 Å². The molecule has 3 nitrogen and oxygen atoms in total. The standard InChI is InChI=1S/C16H22ClNO2S/c1-21(20)10-7-15(19)18-12-16(8-2-3-9-16)13-5-4-6-14(17)11-13/h4-6,11H,2-3,7-10,12H2,1H3,(H,18,19)/t21-/m0/s1. The molecule has 0 bridgehead atoms. The monoisotopic (exact) mass is 327 g/mol. The SMILES string of the molecule is C[S@](=O)CCC(=O)NCC1(c2cccc(Cl)c2)CCCC1. The summed E-state index contributed by atoms with van der Waals surface area (Å²) in [5.74, 6) is 0.411. The zero-order chi connectivity index (χ0) is 15.3. The molecule has 116 valence electrons. The van der Waals surface area contributed by atoms with E-state index in [-0.39, 0.29) is 11.3 Å². The Balaban J connectivity index is 2.02. The topological polar surface area (TPSA) is 46.2 Å². The maximum absolute atomic E-state index is 11.9. The Bertz CT molecular complexity index is 527. The van der Waals surface area contributed by atoms with Gasteiger partial charge in [0.1, 0.15) is 0 Å². The minimum Gasteiger partial charge on any atom is -0.355 e. The molecule has 1 aliphatic rings. The van der Waals surface area contributed by atoms with Crippen LogP contribution in [-0.4, -0.2) is 28.7 Å². The molecule has 5 heteroatoms. The molecule has 0 saturated heterocycles. The van der Waals surface area contributed by atoms with Gasteiger partial charge in [-0.1, -0.05) is 36.6 Å². The molecule has 0 aliphatic heterocycles. The van der Waals surface area contributed by atoms with Crippen LogP contribution < -0.4 is 5.32 Å². The lowest BCUT2D eigenvalue weighted by atomic mass is 9.79. The average Bonchev–Trinajstić information content (AvgIpc) is 2.93. The van der Waals surface area contributed by atoms with Crippen molar-refractivity contribution in [1.82, 2.24) is 5.32 Å².